The Hall–Kier alpha value is -4.71. The van der Waals surface area contributed by atoms with Crippen LogP contribution in [0.4, 0.5) is 0 Å². The molecule has 3 aromatic rings. The molecule has 0 radical (unpaired) electrons. The molecule has 1 aliphatic rings. The molecule has 2 heterocycles. The molecule has 0 spiro atoms. The van der Waals surface area contributed by atoms with Crippen molar-refractivity contribution < 1.29 is 24.0 Å². The summed E-state index contributed by atoms with van der Waals surface area (Å²) in [7, 11) is 0. The van der Waals surface area contributed by atoms with Crippen LogP contribution in [0.2, 0.25) is 0 Å². The van der Waals surface area contributed by atoms with Gasteiger partial charge in [-0.2, -0.15) is 0 Å². The number of hydrogen-bond acceptors (Lipinski definition) is 6. The van der Waals surface area contributed by atoms with Crippen LogP contribution in [-0.4, -0.2) is 76.7 Å². The van der Waals surface area contributed by atoms with Gasteiger partial charge in [-0.1, -0.05) is 68.8 Å². The number of aromatic nitrogens is 1. The summed E-state index contributed by atoms with van der Waals surface area (Å²) in [5, 5.41) is 8.92. The van der Waals surface area contributed by atoms with Crippen LogP contribution in [0, 0.1) is 5.92 Å². The maximum absolute atomic E-state index is 13.4. The number of nitrogens with zero attached hydrogens (tertiary/aromatic N) is 1. The molecule has 12 nitrogen and oxygen atoms in total. The number of aromatic amines is 1. The lowest BCUT2D eigenvalue weighted by Gasteiger charge is -2.30. The molecular formula is C33H43N7O5. The van der Waals surface area contributed by atoms with E-state index in [0.29, 0.717) is 32.2 Å². The van der Waals surface area contributed by atoms with Crippen molar-refractivity contribution in [2.75, 3.05) is 13.1 Å². The monoisotopic (exact) mass is 617 g/mol. The average molecular weight is 618 g/mol. The molecule has 1 saturated heterocycles. The molecule has 5 atom stereocenters. The molecule has 5 unspecified atom stereocenters. The summed E-state index contributed by atoms with van der Waals surface area (Å²) < 4.78 is 0. The Morgan fingerprint density at radius 2 is 1.71 bits per heavy atom. The van der Waals surface area contributed by atoms with Crippen molar-refractivity contribution >= 4 is 40.4 Å². The van der Waals surface area contributed by atoms with Crippen molar-refractivity contribution in [2.24, 2.45) is 17.4 Å². The minimum absolute atomic E-state index is 0.177. The van der Waals surface area contributed by atoms with Crippen LogP contribution in [0.25, 0.3) is 10.9 Å². The molecular weight excluding hydrogens is 574 g/mol. The average Bonchev–Trinajstić information content (AvgIpc) is 3.69. The molecule has 0 bridgehead atoms. The Labute approximate surface area is 262 Å². The SMILES string of the molecule is CCC(C)C(NC(=O)C1CCCN1C(=O)C(N)Cc1ccccc1)C(=O)NCC(=O)NC(Cc1c[nH]c2ccccc12)C(N)=O. The maximum Gasteiger partial charge on any atom is 0.243 e. The van der Waals surface area contributed by atoms with E-state index in [1.165, 1.54) is 4.90 Å². The van der Waals surface area contributed by atoms with Gasteiger partial charge in [0.1, 0.15) is 18.1 Å². The molecule has 1 fully saturated rings. The summed E-state index contributed by atoms with van der Waals surface area (Å²) in [4.78, 5) is 69.4. The summed E-state index contributed by atoms with van der Waals surface area (Å²) in [6.07, 6.45) is 3.97. The fourth-order valence-electron chi connectivity index (χ4n) is 5.69. The van der Waals surface area contributed by atoms with Crippen LogP contribution in [0.1, 0.15) is 44.2 Å². The lowest BCUT2D eigenvalue weighted by molar-refractivity contribution is -0.140. The molecule has 5 amide bonds. The van der Waals surface area contributed by atoms with Crippen LogP contribution < -0.4 is 27.4 Å². The van der Waals surface area contributed by atoms with E-state index in [0.717, 1.165) is 22.0 Å². The smallest absolute Gasteiger partial charge is 0.243 e. The number of fused-ring (bicyclic) bond motifs is 1. The molecule has 8 N–H and O–H groups in total. The number of H-pyrrole nitrogens is 1. The van der Waals surface area contributed by atoms with Gasteiger partial charge >= 0.3 is 0 Å². The zero-order valence-corrected chi connectivity index (χ0v) is 25.8. The van der Waals surface area contributed by atoms with Crippen LogP contribution >= 0.6 is 0 Å². The first kappa shape index (κ1) is 33.2. The lowest BCUT2D eigenvalue weighted by Crippen LogP contribution is -2.57. The quantitative estimate of drug-likeness (QED) is 0.156. The number of likely N-dealkylation sites (tertiary alicyclic amines) is 1. The molecule has 45 heavy (non-hydrogen) atoms. The van der Waals surface area contributed by atoms with Crippen LogP contribution in [0.5, 0.6) is 0 Å². The molecule has 1 aromatic heterocycles. The molecule has 2 aromatic carbocycles. The number of nitrogens with one attached hydrogen (secondary N) is 4. The van der Waals surface area contributed by atoms with Gasteiger partial charge in [0, 0.05) is 30.1 Å². The van der Waals surface area contributed by atoms with Gasteiger partial charge in [0.25, 0.3) is 0 Å². The molecule has 240 valence electrons. The van der Waals surface area contributed by atoms with Crippen molar-refractivity contribution in [1.82, 2.24) is 25.8 Å². The molecule has 0 saturated carbocycles. The second-order valence-electron chi connectivity index (χ2n) is 11.7. The topological polar surface area (TPSA) is 193 Å². The van der Waals surface area contributed by atoms with E-state index in [1.54, 1.807) is 6.20 Å². The van der Waals surface area contributed by atoms with Crippen LogP contribution in [-0.2, 0) is 36.8 Å². The van der Waals surface area contributed by atoms with Crippen LogP contribution in [0.3, 0.4) is 0 Å². The van der Waals surface area contributed by atoms with Gasteiger partial charge in [0.15, 0.2) is 0 Å². The van der Waals surface area contributed by atoms with E-state index >= 15 is 0 Å². The van der Waals surface area contributed by atoms with Gasteiger partial charge in [0.2, 0.25) is 29.5 Å². The maximum atomic E-state index is 13.4. The molecule has 4 rings (SSSR count). The highest BCUT2D eigenvalue weighted by Gasteiger charge is 2.38. The summed E-state index contributed by atoms with van der Waals surface area (Å²) in [6, 6.07) is 13.5. The highest BCUT2D eigenvalue weighted by molar-refractivity contribution is 5.95. The number of carbonyl (C=O) groups is 5. The third-order valence-corrected chi connectivity index (χ3v) is 8.45. The second kappa shape index (κ2) is 15.3. The first-order chi connectivity index (χ1) is 21.6. The van der Waals surface area contributed by atoms with Crippen molar-refractivity contribution in [3.05, 3.63) is 71.9 Å². The van der Waals surface area contributed by atoms with E-state index in [9.17, 15) is 24.0 Å². The van der Waals surface area contributed by atoms with E-state index in [4.69, 9.17) is 11.5 Å². The Morgan fingerprint density at radius 3 is 2.42 bits per heavy atom. The summed E-state index contributed by atoms with van der Waals surface area (Å²) in [5.41, 5.74) is 14.5. The van der Waals surface area contributed by atoms with Gasteiger partial charge < -0.3 is 37.3 Å². The van der Waals surface area contributed by atoms with Crippen LogP contribution in [0.15, 0.2) is 60.8 Å². The van der Waals surface area contributed by atoms with E-state index in [2.05, 4.69) is 20.9 Å². The molecule has 12 heteroatoms. The highest BCUT2D eigenvalue weighted by atomic mass is 16.2. The van der Waals surface area contributed by atoms with Gasteiger partial charge in [-0.25, -0.2) is 0 Å². The Kier molecular flexibility index (Phi) is 11.3. The third-order valence-electron chi connectivity index (χ3n) is 8.45. The minimum atomic E-state index is -0.988. The molecule has 0 aliphatic carbocycles. The fraction of sp³-hybridized carbons (Fsp3) is 0.424. The Morgan fingerprint density at radius 1 is 1.00 bits per heavy atom. The fourth-order valence-corrected chi connectivity index (χ4v) is 5.69. The predicted molar refractivity (Wildman–Crippen MR) is 170 cm³/mol. The Bertz CT molecular complexity index is 1510. The number of carbonyl (C=O) groups excluding carboxylic acids is 5. The zero-order valence-electron chi connectivity index (χ0n) is 25.8. The number of primary amides is 1. The normalized spacial score (nSPS) is 17.2. The zero-order chi connectivity index (χ0) is 32.5. The van der Waals surface area contributed by atoms with E-state index < -0.39 is 54.3 Å². The number of rotatable bonds is 14. The van der Waals surface area contributed by atoms with Gasteiger partial charge in [-0.15, -0.1) is 0 Å². The Balaban J connectivity index is 1.33. The van der Waals surface area contributed by atoms with Crippen molar-refractivity contribution in [1.29, 1.82) is 0 Å². The van der Waals surface area contributed by atoms with E-state index in [-0.39, 0.29) is 18.2 Å². The first-order valence-electron chi connectivity index (χ1n) is 15.4. The summed E-state index contributed by atoms with van der Waals surface area (Å²) >= 11 is 0. The van der Waals surface area contributed by atoms with Crippen molar-refractivity contribution in [2.45, 2.75) is 70.1 Å². The highest BCUT2D eigenvalue weighted by Crippen LogP contribution is 2.21. The first-order valence-corrected chi connectivity index (χ1v) is 15.4. The van der Waals surface area contributed by atoms with E-state index in [1.807, 2.05) is 68.4 Å². The standard InChI is InChI=1S/C33H43N7O5/c1-3-20(2)29(39-31(43)27-14-9-15-40(27)33(45)24(34)16-21-10-5-4-6-11-21)32(44)37-19-28(41)38-26(30(35)42)17-22-18-36-25-13-8-7-12-23(22)25/h4-8,10-13,18,20,24,26-27,29,36H,3,9,14-17,19,34H2,1-2H3,(H2,35,42)(H,37,44)(H,38,41)(H,39,43). The summed E-state index contributed by atoms with van der Waals surface area (Å²) in [5.74, 6) is -2.86. The number of para-hydroxylation sites is 1. The van der Waals surface area contributed by atoms with Crippen molar-refractivity contribution in [3.63, 3.8) is 0 Å². The summed E-state index contributed by atoms with van der Waals surface area (Å²) in [6.45, 7) is 3.70. The second-order valence-corrected chi connectivity index (χ2v) is 11.7. The lowest BCUT2D eigenvalue weighted by atomic mass is 9.97. The number of amides is 5. The number of hydrogen-bond donors (Lipinski definition) is 6. The van der Waals surface area contributed by atoms with Gasteiger partial charge in [-0.05, 0) is 42.4 Å². The van der Waals surface area contributed by atoms with Crippen molar-refractivity contribution in [3.8, 4) is 0 Å². The van der Waals surface area contributed by atoms with Gasteiger partial charge in [-0.3, -0.25) is 24.0 Å². The largest absolute Gasteiger partial charge is 0.368 e. The minimum Gasteiger partial charge on any atom is -0.368 e. The molecule has 1 aliphatic heterocycles. The number of benzene rings is 2. The van der Waals surface area contributed by atoms with Gasteiger partial charge in [0.05, 0.1) is 12.6 Å². The predicted octanol–water partition coefficient (Wildman–Crippen LogP) is 0.889. The third kappa shape index (κ3) is 8.48. The number of nitrogens with two attached hydrogens (primary N) is 2.